The second-order valence-electron chi connectivity index (χ2n) is 3.37. The summed E-state index contributed by atoms with van der Waals surface area (Å²) in [5.74, 6) is 1.35. The Morgan fingerprint density at radius 1 is 1.36 bits per heavy atom. The van der Waals surface area contributed by atoms with E-state index in [1.807, 2.05) is 32.0 Å². The first-order valence-corrected chi connectivity index (χ1v) is 5.55. The highest BCUT2D eigenvalue weighted by Crippen LogP contribution is 2.26. The highest BCUT2D eigenvalue weighted by molar-refractivity contribution is 6.32. The zero-order valence-corrected chi connectivity index (χ0v) is 9.90. The Morgan fingerprint density at radius 2 is 2.07 bits per heavy atom. The lowest BCUT2D eigenvalue weighted by molar-refractivity contribution is 0.242. The van der Waals surface area contributed by atoms with Crippen molar-refractivity contribution in [2.45, 2.75) is 26.4 Å². The van der Waals surface area contributed by atoms with Gasteiger partial charge in [-0.3, -0.25) is 0 Å². The van der Waals surface area contributed by atoms with E-state index in [0.717, 1.165) is 17.7 Å². The number of hydrogen-bond acceptors (Lipinski definition) is 1. The first-order valence-electron chi connectivity index (χ1n) is 4.64. The van der Waals surface area contributed by atoms with Gasteiger partial charge in [0.25, 0.3) is 0 Å². The van der Waals surface area contributed by atoms with Gasteiger partial charge in [0, 0.05) is 5.88 Å². The minimum Gasteiger partial charge on any atom is -0.489 e. The molecule has 0 N–H and O–H groups in total. The van der Waals surface area contributed by atoms with Crippen LogP contribution in [0.4, 0.5) is 0 Å². The molecular weight excluding hydrogens is 219 g/mol. The number of alkyl halides is 1. The van der Waals surface area contributed by atoms with Gasteiger partial charge in [0.2, 0.25) is 0 Å². The van der Waals surface area contributed by atoms with E-state index in [9.17, 15) is 0 Å². The molecule has 0 aliphatic carbocycles. The van der Waals surface area contributed by atoms with Gasteiger partial charge in [-0.1, -0.05) is 17.7 Å². The standard InChI is InChI=1S/C11H14Cl2O/c1-8(2)14-11-4-3-9(5-6-12)7-10(11)13/h3-4,7-8H,5-6H2,1-2H3. The molecule has 1 nitrogen and oxygen atoms in total. The zero-order valence-electron chi connectivity index (χ0n) is 8.39. The number of hydrogen-bond donors (Lipinski definition) is 0. The SMILES string of the molecule is CC(C)Oc1ccc(CCCl)cc1Cl. The quantitative estimate of drug-likeness (QED) is 0.716. The summed E-state index contributed by atoms with van der Waals surface area (Å²) in [5, 5.41) is 0.654. The predicted molar refractivity (Wildman–Crippen MR) is 61.6 cm³/mol. The van der Waals surface area contributed by atoms with E-state index in [1.54, 1.807) is 0 Å². The molecule has 0 spiro atoms. The molecule has 0 unspecified atom stereocenters. The van der Waals surface area contributed by atoms with Crippen LogP contribution in [0.1, 0.15) is 19.4 Å². The third-order valence-electron chi connectivity index (χ3n) is 1.74. The molecule has 0 aliphatic heterocycles. The predicted octanol–water partition coefficient (Wildman–Crippen LogP) is 3.91. The normalized spacial score (nSPS) is 10.6. The average Bonchev–Trinajstić information content (AvgIpc) is 2.10. The van der Waals surface area contributed by atoms with Crippen LogP contribution in [0.3, 0.4) is 0 Å². The highest BCUT2D eigenvalue weighted by atomic mass is 35.5. The van der Waals surface area contributed by atoms with Gasteiger partial charge >= 0.3 is 0 Å². The molecule has 0 saturated heterocycles. The molecule has 14 heavy (non-hydrogen) atoms. The van der Waals surface area contributed by atoms with Gasteiger partial charge in [-0.25, -0.2) is 0 Å². The molecule has 0 aromatic heterocycles. The van der Waals surface area contributed by atoms with Crippen molar-refractivity contribution in [2.24, 2.45) is 0 Å². The van der Waals surface area contributed by atoms with Crippen molar-refractivity contribution in [3.05, 3.63) is 28.8 Å². The summed E-state index contributed by atoms with van der Waals surface area (Å²) < 4.78 is 5.51. The van der Waals surface area contributed by atoms with Crippen LogP contribution in [0.5, 0.6) is 5.75 Å². The van der Waals surface area contributed by atoms with E-state index in [4.69, 9.17) is 27.9 Å². The van der Waals surface area contributed by atoms with Crippen LogP contribution >= 0.6 is 23.2 Å². The summed E-state index contributed by atoms with van der Waals surface area (Å²) in [6.45, 7) is 3.95. The lowest BCUT2D eigenvalue weighted by Gasteiger charge is -2.11. The number of benzene rings is 1. The van der Waals surface area contributed by atoms with E-state index < -0.39 is 0 Å². The van der Waals surface area contributed by atoms with Gasteiger partial charge < -0.3 is 4.74 Å². The maximum absolute atomic E-state index is 6.04. The van der Waals surface area contributed by atoms with Crippen molar-refractivity contribution in [1.29, 1.82) is 0 Å². The summed E-state index contributed by atoms with van der Waals surface area (Å²) in [6, 6.07) is 5.79. The topological polar surface area (TPSA) is 9.23 Å². The lowest BCUT2D eigenvalue weighted by atomic mass is 10.2. The van der Waals surface area contributed by atoms with Crippen molar-refractivity contribution in [1.82, 2.24) is 0 Å². The van der Waals surface area contributed by atoms with E-state index in [-0.39, 0.29) is 6.10 Å². The molecule has 1 rings (SSSR count). The highest BCUT2D eigenvalue weighted by Gasteiger charge is 2.04. The number of halogens is 2. The second-order valence-corrected chi connectivity index (χ2v) is 4.16. The summed E-state index contributed by atoms with van der Waals surface area (Å²) in [7, 11) is 0. The number of ether oxygens (including phenoxy) is 1. The van der Waals surface area contributed by atoms with E-state index in [2.05, 4.69) is 0 Å². The van der Waals surface area contributed by atoms with E-state index in [0.29, 0.717) is 10.9 Å². The van der Waals surface area contributed by atoms with Crippen molar-refractivity contribution in [3.63, 3.8) is 0 Å². The molecule has 78 valence electrons. The van der Waals surface area contributed by atoms with Crippen LogP contribution in [-0.2, 0) is 6.42 Å². The van der Waals surface area contributed by atoms with Crippen LogP contribution < -0.4 is 4.74 Å². The fourth-order valence-corrected chi connectivity index (χ4v) is 1.62. The molecule has 3 heteroatoms. The second kappa shape index (κ2) is 5.47. The van der Waals surface area contributed by atoms with Gasteiger partial charge in [0.05, 0.1) is 11.1 Å². The maximum atomic E-state index is 6.04. The monoisotopic (exact) mass is 232 g/mol. The van der Waals surface area contributed by atoms with Gasteiger partial charge in [-0.2, -0.15) is 0 Å². The molecule has 0 bridgehead atoms. The molecule has 0 amide bonds. The van der Waals surface area contributed by atoms with Crippen LogP contribution in [0, 0.1) is 0 Å². The Kier molecular flexibility index (Phi) is 4.56. The Labute approximate surface area is 95.0 Å². The molecule has 1 aromatic carbocycles. The fraction of sp³-hybridized carbons (Fsp3) is 0.455. The Balaban J connectivity index is 2.79. The zero-order chi connectivity index (χ0) is 10.6. The minimum atomic E-state index is 0.145. The molecule has 0 heterocycles. The molecule has 0 saturated carbocycles. The van der Waals surface area contributed by atoms with Gasteiger partial charge in [0.15, 0.2) is 0 Å². The minimum absolute atomic E-state index is 0.145. The third kappa shape index (κ3) is 3.39. The lowest BCUT2D eigenvalue weighted by Crippen LogP contribution is -2.06. The maximum Gasteiger partial charge on any atom is 0.138 e. The molecule has 0 aliphatic rings. The van der Waals surface area contributed by atoms with Gasteiger partial charge in [-0.15, -0.1) is 11.6 Å². The van der Waals surface area contributed by atoms with Crippen molar-refractivity contribution >= 4 is 23.2 Å². The van der Waals surface area contributed by atoms with Crippen molar-refractivity contribution in [3.8, 4) is 5.75 Å². The Bertz CT molecular complexity index is 297. The molecule has 0 radical (unpaired) electrons. The first-order chi connectivity index (χ1) is 6.63. The molecule has 0 atom stereocenters. The molecule has 1 aromatic rings. The Morgan fingerprint density at radius 3 is 2.57 bits per heavy atom. The van der Waals surface area contributed by atoms with Gasteiger partial charge in [-0.05, 0) is 38.0 Å². The largest absolute Gasteiger partial charge is 0.489 e. The summed E-state index contributed by atoms with van der Waals surface area (Å²) in [6.07, 6.45) is 0.981. The van der Waals surface area contributed by atoms with Crippen molar-refractivity contribution < 1.29 is 4.74 Å². The van der Waals surface area contributed by atoms with Crippen LogP contribution in [0.25, 0.3) is 0 Å². The third-order valence-corrected chi connectivity index (χ3v) is 2.23. The van der Waals surface area contributed by atoms with Crippen LogP contribution in [0.2, 0.25) is 5.02 Å². The van der Waals surface area contributed by atoms with Crippen LogP contribution in [-0.4, -0.2) is 12.0 Å². The summed E-state index contributed by atoms with van der Waals surface area (Å²) in [5.41, 5.74) is 1.14. The van der Waals surface area contributed by atoms with Crippen LogP contribution in [0.15, 0.2) is 18.2 Å². The summed E-state index contributed by atoms with van der Waals surface area (Å²) in [4.78, 5) is 0. The smallest absolute Gasteiger partial charge is 0.138 e. The fourth-order valence-electron chi connectivity index (χ4n) is 1.16. The average molecular weight is 233 g/mol. The number of aryl methyl sites for hydroxylation is 1. The van der Waals surface area contributed by atoms with E-state index in [1.165, 1.54) is 0 Å². The molecule has 0 fully saturated rings. The van der Waals surface area contributed by atoms with Crippen molar-refractivity contribution in [2.75, 3.05) is 5.88 Å². The Hall–Kier alpha value is -0.400. The van der Waals surface area contributed by atoms with E-state index >= 15 is 0 Å². The van der Waals surface area contributed by atoms with Gasteiger partial charge in [0.1, 0.15) is 5.75 Å². The number of rotatable bonds is 4. The molecular formula is C11H14Cl2O. The summed E-state index contributed by atoms with van der Waals surface area (Å²) >= 11 is 11.7. The first kappa shape index (κ1) is 11.7.